The lowest BCUT2D eigenvalue weighted by Crippen LogP contribution is -2.00. The van der Waals surface area contributed by atoms with E-state index in [2.05, 4.69) is 127 Å². The van der Waals surface area contributed by atoms with E-state index >= 15 is 0 Å². The van der Waals surface area contributed by atoms with Gasteiger partial charge in [-0.25, -0.2) is 9.69 Å². The highest BCUT2D eigenvalue weighted by atomic mass is 15.0. The summed E-state index contributed by atoms with van der Waals surface area (Å²) in [7, 11) is 0. The van der Waals surface area contributed by atoms with Gasteiger partial charge in [0.1, 0.15) is 0 Å². The Kier molecular flexibility index (Phi) is 6.95. The molecule has 0 aliphatic carbocycles. The molecule has 0 spiro atoms. The highest BCUT2D eigenvalue weighted by Gasteiger charge is 2.22. The molecule has 0 bridgehead atoms. The van der Waals surface area contributed by atoms with Gasteiger partial charge in [-0.3, -0.25) is 0 Å². The molecule has 6 nitrogen and oxygen atoms in total. The molecule has 3 heterocycles. The van der Waals surface area contributed by atoms with E-state index in [1.165, 1.54) is 10.8 Å². The van der Waals surface area contributed by atoms with Crippen molar-refractivity contribution in [1.29, 1.82) is 5.26 Å². The Balaban J connectivity index is 1.20. The number of para-hydroxylation sites is 4. The largest absolute Gasteiger partial charge is 0.309 e. The van der Waals surface area contributed by atoms with Crippen LogP contribution in [0.1, 0.15) is 5.56 Å². The van der Waals surface area contributed by atoms with Gasteiger partial charge in [-0.05, 0) is 95.2 Å². The van der Waals surface area contributed by atoms with Crippen molar-refractivity contribution in [1.82, 2.24) is 13.7 Å². The normalized spacial score (nSPS) is 11.5. The van der Waals surface area contributed by atoms with Crippen molar-refractivity contribution in [3.05, 3.63) is 198 Å². The first kappa shape index (κ1) is 32.1. The van der Waals surface area contributed by atoms with Crippen molar-refractivity contribution in [3.63, 3.8) is 0 Å². The molecule has 0 unspecified atom stereocenters. The minimum absolute atomic E-state index is 0.535. The van der Waals surface area contributed by atoms with Gasteiger partial charge in [-0.15, -0.1) is 0 Å². The van der Waals surface area contributed by atoms with Gasteiger partial charge in [0.15, 0.2) is 11.4 Å². The van der Waals surface area contributed by atoms with E-state index in [4.69, 9.17) is 13.1 Å². The molecule has 8 aromatic carbocycles. The average molecular weight is 725 g/mol. The van der Waals surface area contributed by atoms with Crippen molar-refractivity contribution in [3.8, 4) is 34.3 Å². The van der Waals surface area contributed by atoms with Crippen molar-refractivity contribution in [2.24, 2.45) is 0 Å². The number of fused-ring (bicyclic) bond motifs is 9. The van der Waals surface area contributed by atoms with E-state index in [0.717, 1.165) is 82.8 Å². The van der Waals surface area contributed by atoms with E-state index in [1.807, 2.05) is 72.8 Å². The summed E-state index contributed by atoms with van der Waals surface area (Å²) in [6.45, 7) is 15.6. The second-order valence-corrected chi connectivity index (χ2v) is 14.3. The SMILES string of the molecule is [C-]#[N+]c1ccc2c(c1)c1ccccc1n2-c1ccccc1-c1cc(C#N)cc(-n2c3ccc([N+]#[C-])cc3c3c(-n4c5ccccc5c5ccccc54)cccc32)c1. The lowest BCUT2D eigenvalue weighted by Gasteiger charge is -2.16. The Morgan fingerprint density at radius 2 is 0.930 bits per heavy atom. The van der Waals surface area contributed by atoms with Gasteiger partial charge in [-0.1, -0.05) is 91.0 Å². The fraction of sp³-hybridized carbons (Fsp3) is 0. The summed E-state index contributed by atoms with van der Waals surface area (Å²) in [5.41, 5.74) is 12.6. The van der Waals surface area contributed by atoms with E-state index in [1.54, 1.807) is 0 Å². The predicted octanol–water partition coefficient (Wildman–Crippen LogP) is 13.6. The molecule has 0 aliphatic heterocycles. The highest BCUT2D eigenvalue weighted by Crippen LogP contribution is 2.43. The standard InChI is InChI=1S/C51H28N6/c1-53-34-22-24-47-41(29-34)40-15-6-10-19-46(40)56(47)43-16-7-3-12-37(43)33-26-32(31-52)27-36(28-33)55-48-25-23-35(54-2)30-42(48)51-49(55)20-11-21-50(51)57-44-17-8-4-13-38(44)39-14-5-9-18-45(39)57/h3-30H. The van der Waals surface area contributed by atoms with Crippen LogP contribution in [0.5, 0.6) is 0 Å². The van der Waals surface area contributed by atoms with Gasteiger partial charge >= 0.3 is 0 Å². The molecule has 6 heteroatoms. The first-order valence-electron chi connectivity index (χ1n) is 18.6. The lowest BCUT2D eigenvalue weighted by molar-refractivity contribution is 1.16. The van der Waals surface area contributed by atoms with Gasteiger partial charge < -0.3 is 13.7 Å². The third-order valence-corrected chi connectivity index (χ3v) is 11.2. The zero-order chi connectivity index (χ0) is 38.2. The number of nitriles is 1. The first-order valence-corrected chi connectivity index (χ1v) is 18.6. The molecule has 3 aromatic heterocycles. The molecule has 11 rings (SSSR count). The number of benzene rings is 8. The molecule has 0 amide bonds. The van der Waals surface area contributed by atoms with Crippen molar-refractivity contribution in [2.45, 2.75) is 0 Å². The Hall–Kier alpha value is -8.37. The molecule has 0 N–H and O–H groups in total. The number of rotatable bonds is 4. The molecule has 0 radical (unpaired) electrons. The minimum Gasteiger partial charge on any atom is -0.309 e. The number of hydrogen-bond acceptors (Lipinski definition) is 1. The summed E-state index contributed by atoms with van der Waals surface area (Å²) in [6, 6.07) is 60.3. The predicted molar refractivity (Wildman–Crippen MR) is 232 cm³/mol. The minimum atomic E-state index is 0.535. The van der Waals surface area contributed by atoms with Crippen LogP contribution in [0.15, 0.2) is 170 Å². The van der Waals surface area contributed by atoms with E-state index in [0.29, 0.717) is 16.9 Å². The maximum absolute atomic E-state index is 10.6. The molecule has 0 aliphatic rings. The van der Waals surface area contributed by atoms with Gasteiger partial charge in [-0.2, -0.15) is 5.26 Å². The van der Waals surface area contributed by atoms with Crippen LogP contribution in [0, 0.1) is 24.5 Å². The van der Waals surface area contributed by atoms with Crippen molar-refractivity contribution < 1.29 is 0 Å². The third kappa shape index (κ3) is 4.68. The molecule has 0 fully saturated rings. The number of hydrogen-bond donors (Lipinski definition) is 0. The summed E-state index contributed by atoms with van der Waals surface area (Å²) in [5, 5.41) is 17.0. The molecule has 0 atom stereocenters. The highest BCUT2D eigenvalue weighted by molar-refractivity contribution is 6.17. The van der Waals surface area contributed by atoms with Crippen LogP contribution in [-0.4, -0.2) is 13.7 Å². The van der Waals surface area contributed by atoms with Crippen LogP contribution in [-0.2, 0) is 0 Å². The van der Waals surface area contributed by atoms with E-state index in [-0.39, 0.29) is 0 Å². The maximum atomic E-state index is 10.6. The second kappa shape index (κ2) is 12.3. The zero-order valence-electron chi connectivity index (χ0n) is 30.3. The Labute approximate surface area is 327 Å². The number of aromatic nitrogens is 3. The van der Waals surface area contributed by atoms with Crippen LogP contribution in [0.25, 0.3) is 103 Å². The lowest BCUT2D eigenvalue weighted by atomic mass is 10.00. The summed E-state index contributed by atoms with van der Waals surface area (Å²) in [6.07, 6.45) is 0. The zero-order valence-corrected chi connectivity index (χ0v) is 30.3. The summed E-state index contributed by atoms with van der Waals surface area (Å²) >= 11 is 0. The first-order chi connectivity index (χ1) is 28.1. The maximum Gasteiger partial charge on any atom is 0.188 e. The Morgan fingerprint density at radius 1 is 0.421 bits per heavy atom. The van der Waals surface area contributed by atoms with Gasteiger partial charge in [0, 0.05) is 32.8 Å². The Bertz CT molecular complexity index is 3580. The summed E-state index contributed by atoms with van der Waals surface area (Å²) < 4.78 is 6.83. The van der Waals surface area contributed by atoms with Gasteiger partial charge in [0.25, 0.3) is 0 Å². The van der Waals surface area contributed by atoms with E-state index in [9.17, 15) is 5.26 Å². The van der Waals surface area contributed by atoms with Crippen LogP contribution in [0.3, 0.4) is 0 Å². The smallest absolute Gasteiger partial charge is 0.188 e. The topological polar surface area (TPSA) is 47.3 Å². The summed E-state index contributed by atoms with van der Waals surface area (Å²) in [4.78, 5) is 7.56. The molecular weight excluding hydrogens is 697 g/mol. The molecular formula is C51H28N6. The molecule has 0 saturated carbocycles. The number of nitrogens with zero attached hydrogens (tertiary/aromatic N) is 6. The van der Waals surface area contributed by atoms with Crippen LogP contribution in [0.2, 0.25) is 0 Å². The fourth-order valence-corrected chi connectivity index (χ4v) is 8.92. The molecule has 11 aromatic rings. The monoisotopic (exact) mass is 724 g/mol. The van der Waals surface area contributed by atoms with Crippen LogP contribution < -0.4 is 0 Å². The van der Waals surface area contributed by atoms with Crippen LogP contribution in [0.4, 0.5) is 11.4 Å². The average Bonchev–Trinajstić information content (AvgIpc) is 3.91. The quantitative estimate of drug-likeness (QED) is 0.167. The van der Waals surface area contributed by atoms with Crippen molar-refractivity contribution >= 4 is 76.8 Å². The van der Waals surface area contributed by atoms with E-state index < -0.39 is 0 Å². The fourth-order valence-electron chi connectivity index (χ4n) is 8.92. The molecule has 262 valence electrons. The van der Waals surface area contributed by atoms with Crippen LogP contribution >= 0.6 is 0 Å². The molecule has 57 heavy (non-hydrogen) atoms. The summed E-state index contributed by atoms with van der Waals surface area (Å²) in [5.74, 6) is 0. The second-order valence-electron chi connectivity index (χ2n) is 14.3. The van der Waals surface area contributed by atoms with Crippen molar-refractivity contribution in [2.75, 3.05) is 0 Å². The van der Waals surface area contributed by atoms with Gasteiger partial charge in [0.05, 0.1) is 69.3 Å². The van der Waals surface area contributed by atoms with Gasteiger partial charge in [0.2, 0.25) is 0 Å². The third-order valence-electron chi connectivity index (χ3n) is 11.2. The molecule has 0 saturated heterocycles. The Morgan fingerprint density at radius 3 is 1.58 bits per heavy atom.